The van der Waals surface area contributed by atoms with Crippen LogP contribution in [0.25, 0.3) is 0 Å². The number of nitrogens with one attached hydrogen (secondary N) is 8. The molecule has 0 unspecified atom stereocenters. The largest absolute Gasteiger partial charge is 0.493 e. The predicted octanol–water partition coefficient (Wildman–Crippen LogP) is 21.0. The van der Waals surface area contributed by atoms with E-state index in [2.05, 4.69) is 279 Å². The first-order valence-corrected chi connectivity index (χ1v) is 49.7. The molecule has 13 aromatic rings. The number of unbranched alkanes of at least 4 members (excludes halogenated alkanes) is 2. The van der Waals surface area contributed by atoms with Crippen LogP contribution in [0.1, 0.15) is 246 Å². The Balaban J connectivity index is 0.704. The first kappa shape index (κ1) is 99.5. The molecule has 0 aliphatic heterocycles. The van der Waals surface area contributed by atoms with E-state index in [1.54, 1.807) is 0 Å². The molecule has 0 saturated heterocycles. The number of aromatic nitrogens is 12. The van der Waals surface area contributed by atoms with E-state index >= 15 is 0 Å². The fourth-order valence-electron chi connectivity index (χ4n) is 17.4. The number of anilines is 16. The molecule has 4 aromatic heterocycles. The monoisotopic (exact) mass is 1900 g/mol. The SMILES string of the molecule is CCCCNc1nc(N)nc(Nc2cc3c(OCCC)c(c2)Cc2cccc(c2OCCC)Cc2cc(Nc4nc(N)nc(NCc5cccc(CNc6nc(N)nc(Nc7cc8c(OCCC)c(c7)Cc7cccc(c7OCCC)Cc7cc(Nc9nc(N)nc(NCCCC)n9)cc(c7OCCC)Cc7cccc(c7OCCC)C8)n6)c5)n4)cc(c2OCCC)Cc2cccc(c2OCCC)C3)n1. The zero-order chi connectivity index (χ0) is 97.6. The summed E-state index contributed by atoms with van der Waals surface area (Å²) in [5.74, 6) is 8.98. The molecule has 32 nitrogen and oxygen atoms in total. The van der Waals surface area contributed by atoms with Gasteiger partial charge in [-0.25, -0.2) is 0 Å². The molecule has 0 radical (unpaired) electrons. The Morgan fingerprint density at radius 1 is 0.214 bits per heavy atom. The van der Waals surface area contributed by atoms with E-state index in [9.17, 15) is 0 Å². The number of hydrogen-bond donors (Lipinski definition) is 12. The molecule has 734 valence electrons. The number of rotatable bonds is 46. The molecule has 16 bridgehead atoms. The van der Waals surface area contributed by atoms with Gasteiger partial charge in [0.1, 0.15) is 46.0 Å². The lowest BCUT2D eigenvalue weighted by Crippen LogP contribution is -2.12. The number of nitrogens with two attached hydrogens (primary N) is 4. The van der Waals surface area contributed by atoms with E-state index in [1.165, 1.54) is 0 Å². The molecule has 0 fully saturated rings. The number of nitrogens with zero attached hydrogens (tertiary/aromatic N) is 12. The highest BCUT2D eigenvalue weighted by molar-refractivity contribution is 5.71. The second-order valence-electron chi connectivity index (χ2n) is 35.3. The van der Waals surface area contributed by atoms with Crippen molar-refractivity contribution in [3.05, 3.63) is 246 Å². The molecule has 32 heteroatoms. The van der Waals surface area contributed by atoms with Crippen LogP contribution in [0.4, 0.5) is 94.1 Å². The first-order valence-electron chi connectivity index (χ1n) is 49.7. The number of ether oxygens (including phenoxy) is 8. The van der Waals surface area contributed by atoms with Crippen LogP contribution in [0.2, 0.25) is 0 Å². The van der Waals surface area contributed by atoms with Crippen molar-refractivity contribution in [1.29, 1.82) is 0 Å². The summed E-state index contributed by atoms with van der Waals surface area (Å²) in [5.41, 5.74) is 46.1. The third kappa shape index (κ3) is 26.5. The van der Waals surface area contributed by atoms with E-state index in [0.29, 0.717) is 166 Å². The van der Waals surface area contributed by atoms with Crippen molar-refractivity contribution in [2.75, 3.05) is 131 Å². The minimum absolute atomic E-state index is 0.0204. The molecular weight excluding hydrogens is 1760 g/mol. The van der Waals surface area contributed by atoms with Crippen LogP contribution < -0.4 is 103 Å². The summed E-state index contributed by atoms with van der Waals surface area (Å²) in [6, 6.07) is 50.6. The maximum absolute atomic E-state index is 6.97. The summed E-state index contributed by atoms with van der Waals surface area (Å²) in [6.45, 7) is 27.2. The molecule has 9 aromatic carbocycles. The van der Waals surface area contributed by atoms with E-state index in [1.807, 2.05) is 18.2 Å². The van der Waals surface area contributed by atoms with Crippen LogP contribution in [0, 0.1) is 0 Å². The molecule has 16 N–H and O–H groups in total. The van der Waals surface area contributed by atoms with Crippen molar-refractivity contribution in [1.82, 2.24) is 59.8 Å². The maximum atomic E-state index is 6.97. The Morgan fingerprint density at radius 2 is 0.400 bits per heavy atom. The summed E-state index contributed by atoms with van der Waals surface area (Å²) in [5, 5.41) is 27.7. The lowest BCUT2D eigenvalue weighted by Gasteiger charge is -2.24. The topological polar surface area (TPSA) is 429 Å². The van der Waals surface area contributed by atoms with Gasteiger partial charge < -0.3 is 103 Å². The summed E-state index contributed by atoms with van der Waals surface area (Å²) >= 11 is 0. The van der Waals surface area contributed by atoms with Crippen LogP contribution >= 0.6 is 0 Å². The second-order valence-corrected chi connectivity index (χ2v) is 35.3. The number of fused-ring (bicyclic) bond motifs is 16. The van der Waals surface area contributed by atoms with Gasteiger partial charge in [0, 0.05) is 145 Å². The predicted molar refractivity (Wildman–Crippen MR) is 558 cm³/mol. The molecule has 0 amide bonds. The van der Waals surface area contributed by atoms with E-state index in [0.717, 1.165) is 235 Å². The molecule has 140 heavy (non-hydrogen) atoms. The van der Waals surface area contributed by atoms with Gasteiger partial charge in [0.05, 0.1) is 52.9 Å². The molecule has 15 rings (SSSR count). The normalized spacial score (nSPS) is 12.1. The Morgan fingerprint density at radius 3 is 0.600 bits per heavy atom. The molecule has 0 atom stereocenters. The van der Waals surface area contributed by atoms with Crippen molar-refractivity contribution in [2.24, 2.45) is 0 Å². The number of nitrogen functional groups attached to an aromatic ring is 4. The quantitative estimate of drug-likeness (QED) is 0.0158. The Bertz CT molecular complexity index is 5800. The molecule has 2 aliphatic rings. The summed E-state index contributed by atoms with van der Waals surface area (Å²) < 4.78 is 55.5. The van der Waals surface area contributed by atoms with E-state index in [-0.39, 0.29) is 47.6 Å². The van der Waals surface area contributed by atoms with Crippen LogP contribution in [-0.2, 0) is 64.5 Å². The van der Waals surface area contributed by atoms with Crippen molar-refractivity contribution in [2.45, 2.75) is 211 Å². The molecule has 2 aliphatic carbocycles. The number of hydrogen-bond acceptors (Lipinski definition) is 32. The highest BCUT2D eigenvalue weighted by Crippen LogP contribution is 2.46. The van der Waals surface area contributed by atoms with Crippen LogP contribution in [0.3, 0.4) is 0 Å². The van der Waals surface area contributed by atoms with Gasteiger partial charge in [-0.1, -0.05) is 179 Å². The van der Waals surface area contributed by atoms with Gasteiger partial charge in [-0.2, -0.15) is 59.8 Å². The molecule has 0 spiro atoms. The van der Waals surface area contributed by atoms with Crippen molar-refractivity contribution < 1.29 is 37.9 Å². The zero-order valence-electron chi connectivity index (χ0n) is 82.4. The third-order valence-corrected chi connectivity index (χ3v) is 23.5. The van der Waals surface area contributed by atoms with Gasteiger partial charge in [-0.05, 0) is 168 Å². The van der Waals surface area contributed by atoms with E-state index in [4.69, 9.17) is 80.8 Å². The van der Waals surface area contributed by atoms with Crippen LogP contribution in [0.15, 0.2) is 146 Å². The second kappa shape index (κ2) is 49.3. The van der Waals surface area contributed by atoms with Crippen molar-refractivity contribution in [3.63, 3.8) is 0 Å². The average molecular weight is 1900 g/mol. The number of para-hydroxylation sites is 4. The Hall–Kier alpha value is -15.0. The van der Waals surface area contributed by atoms with Gasteiger partial charge >= 0.3 is 0 Å². The van der Waals surface area contributed by atoms with Gasteiger partial charge in [0.15, 0.2) is 0 Å². The average Bonchev–Trinajstić information content (AvgIpc) is 0.773. The lowest BCUT2D eigenvalue weighted by atomic mass is 9.90. The van der Waals surface area contributed by atoms with Gasteiger partial charge in [0.2, 0.25) is 71.4 Å². The van der Waals surface area contributed by atoms with Crippen molar-refractivity contribution in [3.8, 4) is 46.0 Å². The third-order valence-electron chi connectivity index (χ3n) is 23.5. The fraction of sp³-hybridized carbons (Fsp3) is 0.389. The molecular formula is C108H134N24O8. The standard InChI is InChI=1S/C108H134N24O8/c1-11-21-38-113-101-121-97(109)125-105(129-101)117-85-57-77-49-69-30-24-34-73(89(69)133-40-13-3)53-81-61-87(62-82(95(81)139-46-19-9)54-74-35-25-31-70(90(74)134-41-14-4)50-78(58-85)93(77)137-44-17-7)119-107-127-99(111)123-103(131-107)115-65-67-28-23-29-68(48-67)66-116-104-124-100(112)128-108(132-104)120-88-63-83-55-75-36-26-32-71(91(75)135-42-15-5)51-79-59-86(118-106-126-98(110)122-102(130-106)114-39-22-12-2)60-80(94(79)138-45-18-8)52-72-33-27-37-76(92(72)136-43-16-6)56-84(64-88)96(83)140-47-20-10/h23-37,48,57-64H,11-22,38-47,49-56,65-66H2,1-10H3,(H4,109,113,117,121,125,129)(H4,110,114,118,122,126,130)(H4,111,115,119,123,127,131)(H4,112,116,120,124,128,132). The first-order chi connectivity index (χ1) is 68.5. The summed E-state index contributed by atoms with van der Waals surface area (Å²) in [4.78, 5) is 56.0. The minimum Gasteiger partial charge on any atom is -0.493 e. The summed E-state index contributed by atoms with van der Waals surface area (Å²) in [6.07, 6.45) is 13.8. The highest BCUT2D eigenvalue weighted by atomic mass is 16.5. The minimum atomic E-state index is 0.0204. The highest BCUT2D eigenvalue weighted by Gasteiger charge is 2.29. The van der Waals surface area contributed by atoms with Crippen molar-refractivity contribution >= 4 is 94.1 Å². The molecule has 4 heterocycles. The maximum Gasteiger partial charge on any atom is 0.233 e. The molecule has 0 saturated carbocycles. The Labute approximate surface area is 821 Å². The lowest BCUT2D eigenvalue weighted by molar-refractivity contribution is 0.304. The van der Waals surface area contributed by atoms with E-state index < -0.39 is 0 Å². The fourth-order valence-corrected chi connectivity index (χ4v) is 17.4. The van der Waals surface area contributed by atoms with Gasteiger partial charge in [-0.3, -0.25) is 0 Å². The smallest absolute Gasteiger partial charge is 0.233 e. The van der Waals surface area contributed by atoms with Crippen LogP contribution in [-0.4, -0.2) is 126 Å². The zero-order valence-corrected chi connectivity index (χ0v) is 82.4. The van der Waals surface area contributed by atoms with Gasteiger partial charge in [-0.15, -0.1) is 0 Å². The van der Waals surface area contributed by atoms with Crippen LogP contribution in [0.5, 0.6) is 46.0 Å². The summed E-state index contributed by atoms with van der Waals surface area (Å²) in [7, 11) is 0. The number of benzene rings is 9. The Kier molecular flexibility index (Phi) is 35.1. The van der Waals surface area contributed by atoms with Gasteiger partial charge in [0.25, 0.3) is 0 Å².